The van der Waals surface area contributed by atoms with Crippen molar-refractivity contribution in [3.05, 3.63) is 41.4 Å². The number of carbonyl (C=O) groups is 3. The second kappa shape index (κ2) is 13.7. The number of ether oxygens (including phenoxy) is 4. The number of hydrogen-bond acceptors (Lipinski definition) is 11. The summed E-state index contributed by atoms with van der Waals surface area (Å²) in [6, 6.07) is 8.30. The van der Waals surface area contributed by atoms with Crippen LogP contribution in [0.2, 0.25) is 5.28 Å². The number of rotatable bonds is 6. The zero-order valence-corrected chi connectivity index (χ0v) is 25.3. The number of hydrogen-bond donors (Lipinski definition) is 0. The van der Waals surface area contributed by atoms with E-state index in [1.54, 1.807) is 4.57 Å². The van der Waals surface area contributed by atoms with E-state index in [2.05, 4.69) is 32.0 Å². The van der Waals surface area contributed by atoms with Crippen molar-refractivity contribution in [3.63, 3.8) is 0 Å². The molecule has 230 valence electrons. The monoisotopic (exact) mass is 613 g/mol. The highest BCUT2D eigenvalue weighted by Crippen LogP contribution is 2.39. The Morgan fingerprint density at radius 2 is 1.63 bits per heavy atom. The number of aromatic nitrogens is 4. The number of para-hydroxylation sites is 1. The van der Waals surface area contributed by atoms with Gasteiger partial charge in [-0.15, -0.1) is 0 Å². The number of nitrogens with zero attached hydrogens (tertiary/aromatic N) is 5. The Labute approximate surface area is 254 Å². The van der Waals surface area contributed by atoms with Gasteiger partial charge in [-0.2, -0.15) is 9.97 Å². The molecule has 2 unspecified atom stereocenters. The molecule has 3 aromatic rings. The van der Waals surface area contributed by atoms with Crippen LogP contribution in [0.25, 0.3) is 11.2 Å². The number of esters is 3. The van der Waals surface area contributed by atoms with Gasteiger partial charge in [0, 0.05) is 33.0 Å². The third-order valence-corrected chi connectivity index (χ3v) is 7.78. The van der Waals surface area contributed by atoms with Crippen molar-refractivity contribution in [2.24, 2.45) is 0 Å². The standard InChI is InChI=1S/C30H36ClN5O7/c1-18(37)40-16-23-25(41-19(2)38)26(42-20(3)39)29(43-23)36-17-32-24-27(33-30(31)34-28(24)36)35-15-11-7-5-4-6-8-12-21-13-9-10-14-22(21)35/h9-10,13-14,17,23,25-26,29H,4-8,11-12,15-16H2,1-3H3/t23-,25?,26?,29-/m1/s1. The molecule has 1 aromatic carbocycles. The SMILES string of the molecule is CC(=O)OC[C@H]1O[C@@H](n2cnc3c(N4CCCCCCCCc5ccccc54)nc(Cl)nc32)C(OC(C)=O)C1OC(C)=O. The van der Waals surface area contributed by atoms with Crippen LogP contribution in [0, 0.1) is 0 Å². The van der Waals surface area contributed by atoms with Crippen LogP contribution in [0.4, 0.5) is 11.5 Å². The number of benzene rings is 1. The molecule has 2 aliphatic rings. The smallest absolute Gasteiger partial charge is 0.303 e. The fourth-order valence-corrected chi connectivity index (χ4v) is 5.95. The van der Waals surface area contributed by atoms with Gasteiger partial charge in [0.25, 0.3) is 0 Å². The van der Waals surface area contributed by atoms with Gasteiger partial charge in [0.05, 0.1) is 6.33 Å². The van der Waals surface area contributed by atoms with Gasteiger partial charge in [-0.3, -0.25) is 19.0 Å². The van der Waals surface area contributed by atoms with E-state index in [0.717, 1.165) is 31.4 Å². The van der Waals surface area contributed by atoms with E-state index in [0.29, 0.717) is 23.5 Å². The topological polar surface area (TPSA) is 135 Å². The second-order valence-corrected chi connectivity index (χ2v) is 11.1. The van der Waals surface area contributed by atoms with Gasteiger partial charge in [0.2, 0.25) is 5.28 Å². The zero-order valence-electron chi connectivity index (χ0n) is 24.5. The highest BCUT2D eigenvalue weighted by molar-refractivity contribution is 6.28. The lowest BCUT2D eigenvalue weighted by Gasteiger charge is -2.27. The van der Waals surface area contributed by atoms with Gasteiger partial charge in [0.1, 0.15) is 12.7 Å². The van der Waals surface area contributed by atoms with Gasteiger partial charge in [-0.05, 0) is 42.5 Å². The minimum Gasteiger partial charge on any atom is -0.463 e. The molecule has 0 saturated carbocycles. The molecule has 12 nitrogen and oxygen atoms in total. The molecule has 0 N–H and O–H groups in total. The van der Waals surface area contributed by atoms with Gasteiger partial charge in [-0.1, -0.05) is 43.9 Å². The molecular formula is C30H36ClN5O7. The Bertz CT molecular complexity index is 1480. The van der Waals surface area contributed by atoms with E-state index >= 15 is 0 Å². The van der Waals surface area contributed by atoms with E-state index in [-0.39, 0.29) is 11.9 Å². The Morgan fingerprint density at radius 3 is 2.37 bits per heavy atom. The first kappa shape index (κ1) is 30.7. The van der Waals surface area contributed by atoms with Crippen molar-refractivity contribution < 1.29 is 33.3 Å². The zero-order chi connectivity index (χ0) is 30.5. The van der Waals surface area contributed by atoms with Crippen molar-refractivity contribution in [1.82, 2.24) is 19.5 Å². The van der Waals surface area contributed by atoms with Gasteiger partial charge >= 0.3 is 17.9 Å². The molecule has 0 bridgehead atoms. The summed E-state index contributed by atoms with van der Waals surface area (Å²) in [4.78, 5) is 51.7. The van der Waals surface area contributed by atoms with Crippen LogP contribution in [0.5, 0.6) is 0 Å². The van der Waals surface area contributed by atoms with Crippen LogP contribution in [0.15, 0.2) is 30.6 Å². The molecule has 4 atom stereocenters. The van der Waals surface area contributed by atoms with Gasteiger partial charge < -0.3 is 23.8 Å². The summed E-state index contributed by atoms with van der Waals surface area (Å²) in [6.45, 7) is 4.23. The lowest BCUT2D eigenvalue weighted by atomic mass is 10.0. The summed E-state index contributed by atoms with van der Waals surface area (Å²) < 4.78 is 24.1. The maximum atomic E-state index is 12.2. The first-order chi connectivity index (χ1) is 20.7. The van der Waals surface area contributed by atoms with E-state index in [9.17, 15) is 14.4 Å². The Morgan fingerprint density at radius 1 is 0.930 bits per heavy atom. The minimum absolute atomic E-state index is 0.00563. The van der Waals surface area contributed by atoms with E-state index in [1.165, 1.54) is 51.9 Å². The molecule has 0 radical (unpaired) electrons. The van der Waals surface area contributed by atoms with Gasteiger partial charge in [-0.25, -0.2) is 4.98 Å². The van der Waals surface area contributed by atoms with Gasteiger partial charge in [0.15, 0.2) is 35.4 Å². The highest BCUT2D eigenvalue weighted by Gasteiger charge is 2.51. The summed E-state index contributed by atoms with van der Waals surface area (Å²) in [5.41, 5.74) is 3.09. The lowest BCUT2D eigenvalue weighted by Crippen LogP contribution is -2.40. The number of aryl methyl sites for hydroxylation is 1. The van der Waals surface area contributed by atoms with Crippen molar-refractivity contribution in [3.8, 4) is 0 Å². The largest absolute Gasteiger partial charge is 0.463 e. The Hall–Kier alpha value is -3.77. The number of carbonyl (C=O) groups excluding carboxylic acids is 3. The van der Waals surface area contributed by atoms with Crippen LogP contribution in [-0.2, 0) is 39.8 Å². The van der Waals surface area contributed by atoms with E-state index < -0.39 is 42.4 Å². The molecule has 43 heavy (non-hydrogen) atoms. The Balaban J connectivity index is 1.59. The van der Waals surface area contributed by atoms with Crippen LogP contribution < -0.4 is 4.90 Å². The predicted molar refractivity (Wildman–Crippen MR) is 157 cm³/mol. The highest BCUT2D eigenvalue weighted by atomic mass is 35.5. The summed E-state index contributed by atoms with van der Waals surface area (Å²) in [5, 5.41) is 0.00563. The fourth-order valence-electron chi connectivity index (χ4n) is 5.79. The summed E-state index contributed by atoms with van der Waals surface area (Å²) >= 11 is 6.55. The Kier molecular flexibility index (Phi) is 9.76. The lowest BCUT2D eigenvalue weighted by molar-refractivity contribution is -0.166. The number of anilines is 2. The third kappa shape index (κ3) is 7.07. The fraction of sp³-hybridized carbons (Fsp3) is 0.533. The first-order valence-corrected chi connectivity index (χ1v) is 15.0. The molecular weight excluding hydrogens is 578 g/mol. The van der Waals surface area contributed by atoms with Crippen LogP contribution in [-0.4, -0.2) is 68.9 Å². The summed E-state index contributed by atoms with van der Waals surface area (Å²) in [6.07, 6.45) is 5.11. The van der Waals surface area contributed by atoms with Crippen molar-refractivity contribution in [2.75, 3.05) is 18.1 Å². The van der Waals surface area contributed by atoms with Crippen LogP contribution >= 0.6 is 11.6 Å². The summed E-state index contributed by atoms with van der Waals surface area (Å²) in [7, 11) is 0. The maximum Gasteiger partial charge on any atom is 0.303 e. The number of halogens is 1. The molecule has 1 fully saturated rings. The number of imidazole rings is 1. The predicted octanol–water partition coefficient (Wildman–Crippen LogP) is 4.84. The minimum atomic E-state index is -1.09. The quantitative estimate of drug-likeness (QED) is 0.215. The summed E-state index contributed by atoms with van der Waals surface area (Å²) in [5.74, 6) is -1.21. The third-order valence-electron chi connectivity index (χ3n) is 7.61. The average molecular weight is 614 g/mol. The first-order valence-electron chi connectivity index (χ1n) is 14.6. The van der Waals surface area contributed by atoms with Crippen molar-refractivity contribution >= 4 is 52.2 Å². The number of fused-ring (bicyclic) bond motifs is 2. The molecule has 2 aliphatic heterocycles. The van der Waals surface area contributed by atoms with E-state index in [4.69, 9.17) is 30.5 Å². The molecule has 0 aliphatic carbocycles. The normalized spacial score (nSPS) is 22.8. The molecule has 0 amide bonds. The molecule has 0 spiro atoms. The van der Waals surface area contributed by atoms with Crippen molar-refractivity contribution in [2.45, 2.75) is 90.3 Å². The van der Waals surface area contributed by atoms with E-state index in [1.807, 2.05) is 12.1 Å². The second-order valence-electron chi connectivity index (χ2n) is 10.8. The van der Waals surface area contributed by atoms with Crippen molar-refractivity contribution in [1.29, 1.82) is 0 Å². The van der Waals surface area contributed by atoms with Crippen LogP contribution in [0.1, 0.15) is 71.1 Å². The molecule has 5 rings (SSSR count). The molecule has 13 heteroatoms. The average Bonchev–Trinajstić information content (AvgIpc) is 3.50. The molecule has 2 aromatic heterocycles. The maximum absolute atomic E-state index is 12.2. The van der Waals surface area contributed by atoms with Crippen LogP contribution in [0.3, 0.4) is 0 Å². The molecule has 1 saturated heterocycles. The molecule has 4 heterocycles.